The van der Waals surface area contributed by atoms with Crippen molar-refractivity contribution in [1.29, 1.82) is 0 Å². The van der Waals surface area contributed by atoms with E-state index in [1.807, 2.05) is 20.8 Å². The van der Waals surface area contributed by atoms with Crippen LogP contribution in [0.2, 0.25) is 0 Å². The van der Waals surface area contributed by atoms with E-state index in [2.05, 4.69) is 0 Å². The van der Waals surface area contributed by atoms with Crippen molar-refractivity contribution in [1.82, 2.24) is 0 Å². The number of hydrogen-bond acceptors (Lipinski definition) is 8. The first-order valence-electron chi connectivity index (χ1n) is 9.26. The molecule has 0 rings (SSSR count). The first kappa shape index (κ1) is 25.2. The van der Waals surface area contributed by atoms with Crippen LogP contribution in [0, 0.1) is 0 Å². The molecule has 0 amide bonds. The highest BCUT2D eigenvalue weighted by Gasteiger charge is 2.15. The Morgan fingerprint density at radius 2 is 1.08 bits per heavy atom. The molecular weight excluding hydrogens is 342 g/mol. The monoisotopic (exact) mass is 379 g/mol. The van der Waals surface area contributed by atoms with Crippen molar-refractivity contribution in [2.75, 3.05) is 72.6 Å². The van der Waals surface area contributed by atoms with E-state index in [-0.39, 0.29) is 5.97 Å². The molecule has 0 saturated heterocycles. The number of carbonyl (C=O) groups excluding carboxylic acids is 1. The molecule has 0 atom stereocenters. The summed E-state index contributed by atoms with van der Waals surface area (Å²) in [6, 6.07) is 0. The molecule has 0 aliphatic carbocycles. The van der Waals surface area contributed by atoms with E-state index in [1.54, 1.807) is 0 Å². The highest BCUT2D eigenvalue weighted by atomic mass is 16.6. The molecule has 0 aliphatic heterocycles. The van der Waals surface area contributed by atoms with Crippen LogP contribution in [-0.2, 0) is 33.2 Å². The van der Waals surface area contributed by atoms with Crippen LogP contribution in [0.15, 0.2) is 0 Å². The second-order valence-electron chi connectivity index (χ2n) is 6.54. The van der Waals surface area contributed by atoms with Crippen LogP contribution in [0.5, 0.6) is 0 Å². The second-order valence-corrected chi connectivity index (χ2v) is 6.54. The van der Waals surface area contributed by atoms with Gasteiger partial charge in [0.1, 0.15) is 5.60 Å². The van der Waals surface area contributed by atoms with Gasteiger partial charge < -0.3 is 34.2 Å². The minimum absolute atomic E-state index is 0.193. The minimum Gasteiger partial charge on any atom is -0.460 e. The van der Waals surface area contributed by atoms with E-state index in [0.29, 0.717) is 85.5 Å². The summed E-state index contributed by atoms with van der Waals surface area (Å²) in [5, 5.41) is 0. The van der Waals surface area contributed by atoms with Crippen molar-refractivity contribution in [2.24, 2.45) is 5.73 Å². The first-order valence-corrected chi connectivity index (χ1v) is 9.26. The third kappa shape index (κ3) is 21.3. The van der Waals surface area contributed by atoms with Gasteiger partial charge in [-0.2, -0.15) is 0 Å². The van der Waals surface area contributed by atoms with Gasteiger partial charge in [0, 0.05) is 19.6 Å². The summed E-state index contributed by atoms with van der Waals surface area (Å²) in [5.74, 6) is -0.193. The smallest absolute Gasteiger partial charge is 0.306 e. The van der Waals surface area contributed by atoms with Crippen molar-refractivity contribution in [3.8, 4) is 0 Å². The first-order chi connectivity index (χ1) is 12.5. The largest absolute Gasteiger partial charge is 0.460 e. The molecule has 0 aromatic carbocycles. The summed E-state index contributed by atoms with van der Waals surface area (Å²) in [6.07, 6.45) is 1.02. The molecule has 0 radical (unpaired) electrons. The summed E-state index contributed by atoms with van der Waals surface area (Å²) in [4.78, 5) is 11.5. The second kappa shape index (κ2) is 17.6. The zero-order valence-corrected chi connectivity index (χ0v) is 16.6. The topological polar surface area (TPSA) is 98.5 Å². The Labute approximate surface area is 157 Å². The lowest BCUT2D eigenvalue weighted by atomic mass is 10.2. The number of esters is 1. The fraction of sp³-hybridized carbons (Fsp3) is 0.944. The Balaban J connectivity index is 3.12. The molecule has 0 spiro atoms. The van der Waals surface area contributed by atoms with E-state index in [1.165, 1.54) is 0 Å². The number of ether oxygens (including phenoxy) is 6. The predicted molar refractivity (Wildman–Crippen MR) is 98.2 cm³/mol. The van der Waals surface area contributed by atoms with Crippen LogP contribution in [0.25, 0.3) is 0 Å². The van der Waals surface area contributed by atoms with Gasteiger partial charge >= 0.3 is 5.97 Å². The van der Waals surface area contributed by atoms with Crippen LogP contribution >= 0.6 is 0 Å². The van der Waals surface area contributed by atoms with Crippen LogP contribution in [0.1, 0.15) is 33.6 Å². The molecule has 26 heavy (non-hydrogen) atoms. The maximum absolute atomic E-state index is 11.5. The van der Waals surface area contributed by atoms with Crippen molar-refractivity contribution in [2.45, 2.75) is 39.2 Å². The Hall–Kier alpha value is -0.770. The Kier molecular flexibility index (Phi) is 17.1. The van der Waals surface area contributed by atoms with Crippen molar-refractivity contribution < 1.29 is 33.2 Å². The average Bonchev–Trinajstić information content (AvgIpc) is 2.56. The molecule has 0 unspecified atom stereocenters. The minimum atomic E-state index is -0.432. The van der Waals surface area contributed by atoms with E-state index >= 15 is 0 Å². The number of carbonyl (C=O) groups is 1. The predicted octanol–water partition coefficient (Wildman–Crippen LogP) is 1.15. The number of nitrogens with two attached hydrogens (primary N) is 1. The molecule has 0 bridgehead atoms. The van der Waals surface area contributed by atoms with Gasteiger partial charge in [-0.3, -0.25) is 4.79 Å². The Morgan fingerprint density at radius 3 is 1.46 bits per heavy atom. The Bertz CT molecular complexity index is 321. The average molecular weight is 379 g/mol. The molecule has 0 aliphatic rings. The van der Waals surface area contributed by atoms with Crippen LogP contribution in [-0.4, -0.2) is 84.2 Å². The molecule has 0 aromatic heterocycles. The van der Waals surface area contributed by atoms with Crippen LogP contribution < -0.4 is 5.73 Å². The zero-order valence-electron chi connectivity index (χ0n) is 16.6. The van der Waals surface area contributed by atoms with Crippen molar-refractivity contribution >= 4 is 5.97 Å². The summed E-state index contributed by atoms with van der Waals surface area (Å²) < 4.78 is 31.9. The number of hydrogen-bond donors (Lipinski definition) is 1. The standard InChI is InChI=1S/C18H37NO7/c1-18(2,3)26-17(20)5-4-7-21-9-11-23-13-15-25-16-14-24-12-10-22-8-6-19/h4-16,19H2,1-3H3. The molecule has 156 valence electrons. The lowest BCUT2D eigenvalue weighted by molar-refractivity contribution is -0.155. The summed E-state index contributed by atoms with van der Waals surface area (Å²) in [7, 11) is 0. The lowest BCUT2D eigenvalue weighted by Gasteiger charge is -2.19. The summed E-state index contributed by atoms with van der Waals surface area (Å²) in [6.45, 7) is 11.4. The molecule has 0 saturated carbocycles. The van der Waals surface area contributed by atoms with Gasteiger partial charge in [0.2, 0.25) is 0 Å². The van der Waals surface area contributed by atoms with Gasteiger partial charge in [-0.25, -0.2) is 0 Å². The third-order valence-electron chi connectivity index (χ3n) is 2.84. The van der Waals surface area contributed by atoms with E-state index in [9.17, 15) is 4.79 Å². The highest BCUT2D eigenvalue weighted by Crippen LogP contribution is 2.08. The molecule has 0 heterocycles. The molecule has 8 heteroatoms. The molecule has 8 nitrogen and oxygen atoms in total. The molecule has 2 N–H and O–H groups in total. The van der Waals surface area contributed by atoms with E-state index in [0.717, 1.165) is 0 Å². The van der Waals surface area contributed by atoms with Crippen LogP contribution in [0.4, 0.5) is 0 Å². The van der Waals surface area contributed by atoms with Gasteiger partial charge in [0.15, 0.2) is 0 Å². The van der Waals surface area contributed by atoms with E-state index in [4.69, 9.17) is 34.2 Å². The zero-order chi connectivity index (χ0) is 19.5. The quantitative estimate of drug-likeness (QED) is 0.280. The maximum Gasteiger partial charge on any atom is 0.306 e. The molecule has 0 fully saturated rings. The van der Waals surface area contributed by atoms with Crippen molar-refractivity contribution in [3.63, 3.8) is 0 Å². The molecular formula is C18H37NO7. The normalized spacial score (nSPS) is 11.7. The van der Waals surface area contributed by atoms with E-state index < -0.39 is 5.60 Å². The number of rotatable bonds is 18. The fourth-order valence-electron chi connectivity index (χ4n) is 1.78. The fourth-order valence-corrected chi connectivity index (χ4v) is 1.78. The SMILES string of the molecule is CC(C)(C)OC(=O)CCCOCCOCCOCCOCCOCCN. The summed E-state index contributed by atoms with van der Waals surface area (Å²) >= 11 is 0. The maximum atomic E-state index is 11.5. The van der Waals surface area contributed by atoms with Gasteiger partial charge in [-0.1, -0.05) is 0 Å². The lowest BCUT2D eigenvalue weighted by Crippen LogP contribution is -2.23. The third-order valence-corrected chi connectivity index (χ3v) is 2.84. The molecule has 0 aromatic rings. The van der Waals surface area contributed by atoms with Gasteiger partial charge in [0.05, 0.1) is 59.5 Å². The van der Waals surface area contributed by atoms with Crippen molar-refractivity contribution in [3.05, 3.63) is 0 Å². The summed E-state index contributed by atoms with van der Waals surface area (Å²) in [5.41, 5.74) is 4.86. The van der Waals surface area contributed by atoms with Gasteiger partial charge in [-0.05, 0) is 27.2 Å². The highest BCUT2D eigenvalue weighted by molar-refractivity contribution is 5.69. The Morgan fingerprint density at radius 1 is 0.692 bits per heavy atom. The van der Waals surface area contributed by atoms with Crippen LogP contribution in [0.3, 0.4) is 0 Å². The van der Waals surface area contributed by atoms with Gasteiger partial charge in [-0.15, -0.1) is 0 Å². The van der Waals surface area contributed by atoms with Gasteiger partial charge in [0.25, 0.3) is 0 Å².